The number of anilines is 1. The number of para-hydroxylation sites is 1. The fourth-order valence-corrected chi connectivity index (χ4v) is 3.03. The number of ether oxygens (including phenoxy) is 2. The molecule has 1 aliphatic heterocycles. The molecule has 0 amide bonds. The van der Waals surface area contributed by atoms with Gasteiger partial charge in [0.05, 0.1) is 12.7 Å². The molecule has 0 N–H and O–H groups in total. The summed E-state index contributed by atoms with van der Waals surface area (Å²) in [5.41, 5.74) is 2.90. The fourth-order valence-electron chi connectivity index (χ4n) is 3.03. The van der Waals surface area contributed by atoms with Gasteiger partial charge in [0.25, 0.3) is 0 Å². The maximum Gasteiger partial charge on any atom is 0.337 e. The monoisotopic (exact) mass is 325 g/mol. The predicted molar refractivity (Wildman–Crippen MR) is 94.8 cm³/mol. The molecule has 0 bridgehead atoms. The molecule has 4 heteroatoms. The number of hydrogen-bond acceptors (Lipinski definition) is 4. The Morgan fingerprint density at radius 3 is 2.33 bits per heavy atom. The Balaban J connectivity index is 1.57. The molecule has 0 aliphatic carbocycles. The first-order valence-corrected chi connectivity index (χ1v) is 8.33. The molecule has 2 aromatic rings. The van der Waals surface area contributed by atoms with Crippen molar-refractivity contribution in [2.45, 2.75) is 25.9 Å². The van der Waals surface area contributed by atoms with Crippen LogP contribution in [0.4, 0.5) is 5.69 Å². The normalized spacial score (nSPS) is 15.2. The van der Waals surface area contributed by atoms with E-state index in [2.05, 4.69) is 17.9 Å². The molecule has 2 aromatic carbocycles. The molecule has 3 rings (SSSR count). The highest BCUT2D eigenvalue weighted by Gasteiger charge is 2.21. The Labute approximate surface area is 143 Å². The van der Waals surface area contributed by atoms with Crippen LogP contribution in [0, 0.1) is 6.92 Å². The molecular formula is C20H23NO3. The van der Waals surface area contributed by atoms with Crippen molar-refractivity contribution < 1.29 is 14.3 Å². The van der Waals surface area contributed by atoms with Crippen molar-refractivity contribution in [2.24, 2.45) is 0 Å². The average Bonchev–Trinajstić information content (AvgIpc) is 2.64. The minimum absolute atomic E-state index is 0.261. The first-order valence-electron chi connectivity index (χ1n) is 8.33. The lowest BCUT2D eigenvalue weighted by Crippen LogP contribution is -2.38. The maximum atomic E-state index is 11.5. The molecule has 0 aromatic heterocycles. The van der Waals surface area contributed by atoms with E-state index in [1.54, 1.807) is 0 Å². The number of esters is 1. The number of hydrogen-bond donors (Lipinski definition) is 0. The largest absolute Gasteiger partial charge is 0.490 e. The first kappa shape index (κ1) is 16.4. The van der Waals surface area contributed by atoms with Crippen LogP contribution in [0.5, 0.6) is 5.75 Å². The zero-order valence-electron chi connectivity index (χ0n) is 14.2. The van der Waals surface area contributed by atoms with Gasteiger partial charge in [0.15, 0.2) is 0 Å². The quantitative estimate of drug-likeness (QED) is 0.801. The highest BCUT2D eigenvalue weighted by Crippen LogP contribution is 2.25. The summed E-state index contributed by atoms with van der Waals surface area (Å²) in [6, 6.07) is 15.8. The van der Waals surface area contributed by atoms with E-state index in [0.717, 1.165) is 37.4 Å². The second-order valence-corrected chi connectivity index (χ2v) is 6.11. The Kier molecular flexibility index (Phi) is 5.04. The number of rotatable bonds is 4. The summed E-state index contributed by atoms with van der Waals surface area (Å²) in [7, 11) is 1.40. The minimum atomic E-state index is -0.299. The second-order valence-electron chi connectivity index (χ2n) is 6.11. The van der Waals surface area contributed by atoms with Gasteiger partial charge in [-0.2, -0.15) is 0 Å². The minimum Gasteiger partial charge on any atom is -0.490 e. The van der Waals surface area contributed by atoms with E-state index in [1.165, 1.54) is 12.7 Å². The van der Waals surface area contributed by atoms with Gasteiger partial charge in [-0.15, -0.1) is 0 Å². The van der Waals surface area contributed by atoms with Gasteiger partial charge < -0.3 is 14.4 Å². The van der Waals surface area contributed by atoms with Crippen molar-refractivity contribution in [3.05, 3.63) is 59.7 Å². The molecule has 1 aliphatic rings. The number of methoxy groups -OCH3 is 1. The first-order chi connectivity index (χ1) is 11.7. The van der Waals surface area contributed by atoms with Crippen molar-refractivity contribution in [2.75, 3.05) is 25.1 Å². The summed E-state index contributed by atoms with van der Waals surface area (Å²) in [6.45, 7) is 3.98. The SMILES string of the molecule is COC(=O)c1ccc(N2CCC(Oc3ccccc3C)CC2)cc1. The lowest BCUT2D eigenvalue weighted by Gasteiger charge is -2.34. The van der Waals surface area contributed by atoms with E-state index in [-0.39, 0.29) is 12.1 Å². The number of carbonyl (C=O) groups is 1. The highest BCUT2D eigenvalue weighted by molar-refractivity contribution is 5.89. The molecule has 1 heterocycles. The Bertz CT molecular complexity index is 688. The second kappa shape index (κ2) is 7.39. The van der Waals surface area contributed by atoms with Gasteiger partial charge in [-0.25, -0.2) is 4.79 Å². The summed E-state index contributed by atoms with van der Waals surface area (Å²) in [6.07, 6.45) is 2.25. The van der Waals surface area contributed by atoms with Gasteiger partial charge in [0.1, 0.15) is 11.9 Å². The Morgan fingerprint density at radius 2 is 1.71 bits per heavy atom. The summed E-state index contributed by atoms with van der Waals surface area (Å²) in [5.74, 6) is 0.685. The van der Waals surface area contributed by atoms with Gasteiger partial charge in [0, 0.05) is 31.6 Å². The van der Waals surface area contributed by atoms with Gasteiger partial charge in [-0.05, 0) is 42.8 Å². The molecule has 1 saturated heterocycles. The summed E-state index contributed by atoms with van der Waals surface area (Å²) < 4.78 is 10.9. The molecule has 24 heavy (non-hydrogen) atoms. The van der Waals surface area contributed by atoms with Crippen molar-refractivity contribution in [1.82, 2.24) is 0 Å². The number of nitrogens with zero attached hydrogens (tertiary/aromatic N) is 1. The van der Waals surface area contributed by atoms with E-state index in [1.807, 2.05) is 42.5 Å². The van der Waals surface area contributed by atoms with E-state index in [0.29, 0.717) is 5.56 Å². The van der Waals surface area contributed by atoms with Crippen molar-refractivity contribution in [1.29, 1.82) is 0 Å². The van der Waals surface area contributed by atoms with Crippen LogP contribution in [0.1, 0.15) is 28.8 Å². The van der Waals surface area contributed by atoms with Crippen molar-refractivity contribution in [3.8, 4) is 5.75 Å². The van der Waals surface area contributed by atoms with Crippen LogP contribution in [0.15, 0.2) is 48.5 Å². The molecule has 4 nitrogen and oxygen atoms in total. The summed E-state index contributed by atoms with van der Waals surface area (Å²) in [5, 5.41) is 0. The van der Waals surface area contributed by atoms with Gasteiger partial charge in [-0.1, -0.05) is 18.2 Å². The Morgan fingerprint density at radius 1 is 1.04 bits per heavy atom. The van der Waals surface area contributed by atoms with Crippen LogP contribution < -0.4 is 9.64 Å². The number of benzene rings is 2. The molecule has 0 saturated carbocycles. The zero-order valence-corrected chi connectivity index (χ0v) is 14.2. The van der Waals surface area contributed by atoms with E-state index in [4.69, 9.17) is 9.47 Å². The predicted octanol–water partition coefficient (Wildman–Crippen LogP) is 3.83. The smallest absolute Gasteiger partial charge is 0.337 e. The third-order valence-corrected chi connectivity index (χ3v) is 4.48. The lowest BCUT2D eigenvalue weighted by atomic mass is 10.1. The van der Waals surface area contributed by atoms with Crippen molar-refractivity contribution >= 4 is 11.7 Å². The highest BCUT2D eigenvalue weighted by atomic mass is 16.5. The van der Waals surface area contributed by atoms with Gasteiger partial charge in [-0.3, -0.25) is 0 Å². The third-order valence-electron chi connectivity index (χ3n) is 4.48. The van der Waals surface area contributed by atoms with E-state index < -0.39 is 0 Å². The molecule has 1 fully saturated rings. The van der Waals surface area contributed by atoms with Crippen LogP contribution in [-0.4, -0.2) is 32.3 Å². The van der Waals surface area contributed by atoms with E-state index in [9.17, 15) is 4.79 Å². The molecule has 0 unspecified atom stereocenters. The molecule has 0 atom stereocenters. The maximum absolute atomic E-state index is 11.5. The number of carbonyl (C=O) groups excluding carboxylic acids is 1. The fraction of sp³-hybridized carbons (Fsp3) is 0.350. The van der Waals surface area contributed by atoms with Crippen LogP contribution in [0.25, 0.3) is 0 Å². The Hall–Kier alpha value is -2.49. The van der Waals surface area contributed by atoms with Gasteiger partial charge in [0.2, 0.25) is 0 Å². The average molecular weight is 325 g/mol. The number of aryl methyl sites for hydroxylation is 1. The van der Waals surface area contributed by atoms with Crippen LogP contribution in [-0.2, 0) is 4.74 Å². The lowest BCUT2D eigenvalue weighted by molar-refractivity contribution is 0.0601. The van der Waals surface area contributed by atoms with Crippen LogP contribution >= 0.6 is 0 Å². The summed E-state index contributed by atoms with van der Waals surface area (Å²) in [4.78, 5) is 13.8. The third kappa shape index (κ3) is 3.70. The van der Waals surface area contributed by atoms with E-state index >= 15 is 0 Å². The topological polar surface area (TPSA) is 38.8 Å². The van der Waals surface area contributed by atoms with Crippen molar-refractivity contribution in [3.63, 3.8) is 0 Å². The van der Waals surface area contributed by atoms with Gasteiger partial charge >= 0.3 is 5.97 Å². The standard InChI is InChI=1S/C20H23NO3/c1-15-5-3-4-6-19(15)24-18-11-13-21(14-12-18)17-9-7-16(8-10-17)20(22)23-2/h3-10,18H,11-14H2,1-2H3. The zero-order chi connectivity index (χ0) is 16.9. The van der Waals surface area contributed by atoms with Crippen LogP contribution in [0.3, 0.4) is 0 Å². The number of piperidine rings is 1. The molecule has 0 spiro atoms. The molecule has 126 valence electrons. The summed E-state index contributed by atoms with van der Waals surface area (Å²) >= 11 is 0. The molecular weight excluding hydrogens is 302 g/mol. The molecule has 0 radical (unpaired) electrons. The van der Waals surface area contributed by atoms with Crippen LogP contribution in [0.2, 0.25) is 0 Å².